The smallest absolute Gasteiger partial charge is 0.363 e. The van der Waals surface area contributed by atoms with Crippen LogP contribution in [-0.2, 0) is 6.18 Å². The summed E-state index contributed by atoms with van der Waals surface area (Å²) in [7, 11) is 0. The molecule has 1 atom stereocenters. The number of hydrogen-bond donors (Lipinski definition) is 2. The number of anilines is 2. The number of aromatic nitrogens is 4. The number of amides is 1. The van der Waals surface area contributed by atoms with Gasteiger partial charge in [-0.2, -0.15) is 27.8 Å². The van der Waals surface area contributed by atoms with E-state index >= 15 is 0 Å². The van der Waals surface area contributed by atoms with Crippen LogP contribution in [0.4, 0.5) is 29.1 Å². The van der Waals surface area contributed by atoms with Crippen molar-refractivity contribution in [3.05, 3.63) is 83.6 Å². The van der Waals surface area contributed by atoms with Crippen molar-refractivity contribution in [2.24, 2.45) is 0 Å². The molecule has 0 bridgehead atoms. The highest BCUT2D eigenvalue weighted by atomic mass is 19.4. The van der Waals surface area contributed by atoms with Gasteiger partial charge < -0.3 is 10.6 Å². The summed E-state index contributed by atoms with van der Waals surface area (Å²) in [5.74, 6) is -0.921. The molecule has 0 aliphatic carbocycles. The highest BCUT2D eigenvalue weighted by Gasteiger charge is 2.34. The minimum atomic E-state index is -4.63. The van der Waals surface area contributed by atoms with Crippen molar-refractivity contribution in [3.63, 3.8) is 0 Å². The Balaban J connectivity index is 1.50. The summed E-state index contributed by atoms with van der Waals surface area (Å²) < 4.78 is 53.6. The Morgan fingerprint density at radius 3 is 2.41 bits per heavy atom. The minimum absolute atomic E-state index is 0.0843. The van der Waals surface area contributed by atoms with Crippen LogP contribution in [0.25, 0.3) is 5.78 Å². The molecule has 2 heterocycles. The average molecular weight is 444 g/mol. The van der Waals surface area contributed by atoms with Gasteiger partial charge >= 0.3 is 6.18 Å². The maximum absolute atomic E-state index is 13.2. The fourth-order valence-corrected chi connectivity index (χ4v) is 3.03. The summed E-state index contributed by atoms with van der Waals surface area (Å²) in [5, 5.41) is 9.60. The van der Waals surface area contributed by atoms with Crippen LogP contribution in [0.15, 0.2) is 60.9 Å². The number of benzene rings is 2. The van der Waals surface area contributed by atoms with Crippen molar-refractivity contribution in [1.82, 2.24) is 19.6 Å². The number of halogens is 4. The molecular formula is C21H16F4N6O. The van der Waals surface area contributed by atoms with E-state index in [4.69, 9.17) is 0 Å². The van der Waals surface area contributed by atoms with Gasteiger partial charge in [0.25, 0.3) is 11.7 Å². The predicted molar refractivity (Wildman–Crippen MR) is 109 cm³/mol. The van der Waals surface area contributed by atoms with Gasteiger partial charge in [0.15, 0.2) is 5.69 Å². The Labute approximate surface area is 179 Å². The van der Waals surface area contributed by atoms with Crippen LogP contribution in [0.3, 0.4) is 0 Å². The third-order valence-corrected chi connectivity index (χ3v) is 4.68. The molecule has 4 aromatic rings. The largest absolute Gasteiger partial charge is 0.433 e. The number of fused-ring (bicyclic) bond motifs is 1. The number of carbonyl (C=O) groups is 1. The Kier molecular flexibility index (Phi) is 5.47. The third kappa shape index (κ3) is 4.51. The van der Waals surface area contributed by atoms with Crippen molar-refractivity contribution in [2.75, 3.05) is 10.6 Å². The summed E-state index contributed by atoms with van der Waals surface area (Å²) in [6, 6.07) is 12.4. The number of nitrogens with zero attached hydrogens (tertiary/aromatic N) is 4. The lowest BCUT2D eigenvalue weighted by Gasteiger charge is -2.18. The van der Waals surface area contributed by atoms with Crippen molar-refractivity contribution in [3.8, 4) is 0 Å². The highest BCUT2D eigenvalue weighted by molar-refractivity contribution is 6.04. The SMILES string of the molecule is CC(Nc1cc(C(F)(F)F)nc2ncnn12)c1ccc(NC(=O)c2ccc(F)cc2)cc1. The van der Waals surface area contributed by atoms with Crippen LogP contribution in [0.5, 0.6) is 0 Å². The van der Waals surface area contributed by atoms with Crippen LogP contribution in [0.2, 0.25) is 0 Å². The summed E-state index contributed by atoms with van der Waals surface area (Å²) >= 11 is 0. The van der Waals surface area contributed by atoms with Crippen molar-refractivity contribution < 1.29 is 22.4 Å². The van der Waals surface area contributed by atoms with Gasteiger partial charge in [0.1, 0.15) is 18.0 Å². The quantitative estimate of drug-likeness (QED) is 0.436. The fourth-order valence-electron chi connectivity index (χ4n) is 3.03. The second kappa shape index (κ2) is 8.25. The van der Waals surface area contributed by atoms with E-state index in [0.29, 0.717) is 11.3 Å². The molecule has 0 spiro atoms. The first-order valence-electron chi connectivity index (χ1n) is 9.42. The lowest BCUT2D eigenvalue weighted by molar-refractivity contribution is -0.141. The Hall–Kier alpha value is -4.02. The average Bonchev–Trinajstić information content (AvgIpc) is 3.23. The zero-order valence-electron chi connectivity index (χ0n) is 16.6. The van der Waals surface area contributed by atoms with Gasteiger partial charge in [-0.15, -0.1) is 0 Å². The van der Waals surface area contributed by atoms with Gasteiger partial charge in [0.2, 0.25) is 0 Å². The maximum atomic E-state index is 13.2. The summed E-state index contributed by atoms with van der Waals surface area (Å²) in [4.78, 5) is 19.5. The van der Waals surface area contributed by atoms with Crippen molar-refractivity contribution in [1.29, 1.82) is 0 Å². The van der Waals surface area contributed by atoms with E-state index in [2.05, 4.69) is 25.7 Å². The van der Waals surface area contributed by atoms with E-state index in [1.807, 2.05) is 0 Å². The standard InChI is InChI=1S/C21H16F4N6O/c1-12(28-18-10-17(21(23,24)25)30-20-26-11-27-31(18)20)13-4-8-16(9-5-13)29-19(32)14-2-6-15(22)7-3-14/h2-12,28H,1H3,(H,29,32). The van der Waals surface area contributed by atoms with Crippen LogP contribution < -0.4 is 10.6 Å². The topological polar surface area (TPSA) is 84.2 Å². The molecule has 1 unspecified atom stereocenters. The number of nitrogens with one attached hydrogen (secondary N) is 2. The van der Waals surface area contributed by atoms with E-state index in [9.17, 15) is 22.4 Å². The van der Waals surface area contributed by atoms with E-state index in [0.717, 1.165) is 18.0 Å². The molecule has 164 valence electrons. The Bertz CT molecular complexity index is 1250. The molecule has 2 N–H and O–H groups in total. The number of carbonyl (C=O) groups excluding carboxylic acids is 1. The first kappa shape index (κ1) is 21.2. The zero-order chi connectivity index (χ0) is 22.9. The molecule has 0 saturated carbocycles. The highest BCUT2D eigenvalue weighted by Crippen LogP contribution is 2.30. The second-order valence-corrected chi connectivity index (χ2v) is 6.95. The van der Waals surface area contributed by atoms with E-state index in [-0.39, 0.29) is 11.6 Å². The van der Waals surface area contributed by atoms with Crippen LogP contribution in [-0.4, -0.2) is 25.5 Å². The molecule has 4 rings (SSSR count). The molecule has 11 heteroatoms. The van der Waals surface area contributed by atoms with Crippen LogP contribution in [0.1, 0.15) is 34.6 Å². The van der Waals surface area contributed by atoms with Gasteiger partial charge in [-0.3, -0.25) is 4.79 Å². The molecule has 2 aromatic carbocycles. The zero-order valence-corrected chi connectivity index (χ0v) is 16.6. The van der Waals surface area contributed by atoms with Gasteiger partial charge in [-0.25, -0.2) is 9.37 Å². The lowest BCUT2D eigenvalue weighted by atomic mass is 10.1. The van der Waals surface area contributed by atoms with E-state index < -0.39 is 29.6 Å². The monoisotopic (exact) mass is 444 g/mol. The Morgan fingerprint density at radius 2 is 1.75 bits per heavy atom. The number of hydrogen-bond acceptors (Lipinski definition) is 5. The molecule has 2 aromatic heterocycles. The van der Waals surface area contributed by atoms with Gasteiger partial charge in [-0.05, 0) is 48.9 Å². The number of rotatable bonds is 5. The summed E-state index contributed by atoms with van der Waals surface area (Å²) in [6.45, 7) is 1.77. The molecule has 0 aliphatic rings. The fraction of sp³-hybridized carbons (Fsp3) is 0.143. The van der Waals surface area contributed by atoms with Crippen molar-refractivity contribution >= 4 is 23.2 Å². The molecule has 7 nitrogen and oxygen atoms in total. The summed E-state index contributed by atoms with van der Waals surface area (Å²) in [6.07, 6.45) is -3.51. The molecule has 0 fully saturated rings. The van der Waals surface area contributed by atoms with Gasteiger partial charge in [0, 0.05) is 23.4 Å². The minimum Gasteiger partial charge on any atom is -0.363 e. The van der Waals surface area contributed by atoms with Crippen LogP contribution in [0, 0.1) is 5.82 Å². The molecule has 0 saturated heterocycles. The summed E-state index contributed by atoms with van der Waals surface area (Å²) in [5.41, 5.74) is 0.493. The van der Waals surface area contributed by atoms with E-state index in [1.54, 1.807) is 31.2 Å². The first-order valence-corrected chi connectivity index (χ1v) is 9.42. The predicted octanol–water partition coefficient (Wildman–Crippen LogP) is 4.71. The lowest BCUT2D eigenvalue weighted by Crippen LogP contribution is -2.15. The second-order valence-electron chi connectivity index (χ2n) is 6.95. The van der Waals surface area contributed by atoms with Gasteiger partial charge in [0.05, 0.1) is 0 Å². The van der Waals surface area contributed by atoms with Crippen molar-refractivity contribution in [2.45, 2.75) is 19.1 Å². The molecular weight excluding hydrogens is 428 g/mol. The molecule has 0 aliphatic heterocycles. The van der Waals surface area contributed by atoms with E-state index in [1.165, 1.54) is 28.8 Å². The third-order valence-electron chi connectivity index (χ3n) is 4.68. The maximum Gasteiger partial charge on any atom is 0.433 e. The molecule has 0 radical (unpaired) electrons. The normalized spacial score (nSPS) is 12.5. The Morgan fingerprint density at radius 1 is 1.06 bits per heavy atom. The molecule has 32 heavy (non-hydrogen) atoms. The number of alkyl halides is 3. The molecule has 1 amide bonds. The van der Waals surface area contributed by atoms with Crippen LogP contribution >= 0.6 is 0 Å². The van der Waals surface area contributed by atoms with Gasteiger partial charge in [-0.1, -0.05) is 12.1 Å². The first-order chi connectivity index (χ1) is 15.2.